The van der Waals surface area contributed by atoms with Gasteiger partial charge in [0.1, 0.15) is 0 Å². The van der Waals surface area contributed by atoms with Crippen LogP contribution in [0.2, 0.25) is 0 Å². The molecule has 134 valence electrons. The van der Waals surface area contributed by atoms with Gasteiger partial charge < -0.3 is 15.3 Å². The van der Waals surface area contributed by atoms with Gasteiger partial charge >= 0.3 is 6.03 Å². The number of amides is 2. The van der Waals surface area contributed by atoms with Crippen LogP contribution >= 0.6 is 0 Å². The van der Waals surface area contributed by atoms with Gasteiger partial charge in [0.05, 0.1) is 0 Å². The van der Waals surface area contributed by atoms with E-state index >= 15 is 0 Å². The van der Waals surface area contributed by atoms with E-state index in [0.717, 1.165) is 51.6 Å². The monoisotopic (exact) mass is 332 g/mol. The van der Waals surface area contributed by atoms with Gasteiger partial charge in [-0.3, -0.25) is 0 Å². The predicted molar refractivity (Wildman–Crippen MR) is 98.0 cm³/mol. The largest absolute Gasteiger partial charge is 0.396 e. The number of benzene rings is 1. The van der Waals surface area contributed by atoms with Crippen molar-refractivity contribution in [2.24, 2.45) is 5.41 Å². The van der Waals surface area contributed by atoms with Gasteiger partial charge in [-0.05, 0) is 43.1 Å². The summed E-state index contributed by atoms with van der Waals surface area (Å²) in [4.78, 5) is 14.5. The van der Waals surface area contributed by atoms with E-state index in [1.54, 1.807) is 0 Å². The Morgan fingerprint density at radius 2 is 1.92 bits per heavy atom. The van der Waals surface area contributed by atoms with Crippen molar-refractivity contribution in [3.8, 4) is 0 Å². The number of aliphatic hydroxyl groups is 1. The van der Waals surface area contributed by atoms with E-state index in [-0.39, 0.29) is 24.1 Å². The summed E-state index contributed by atoms with van der Waals surface area (Å²) in [5, 5.41) is 12.9. The third-order valence-electron chi connectivity index (χ3n) is 5.49. The lowest BCUT2D eigenvalue weighted by atomic mass is 9.77. The minimum Gasteiger partial charge on any atom is -0.396 e. The Balaban J connectivity index is 1.89. The Bertz CT molecular complexity index is 490. The predicted octanol–water partition coefficient (Wildman–Crippen LogP) is 3.59. The van der Waals surface area contributed by atoms with Crippen LogP contribution in [0.15, 0.2) is 30.3 Å². The number of urea groups is 1. The summed E-state index contributed by atoms with van der Waals surface area (Å²) < 4.78 is 0. The van der Waals surface area contributed by atoms with Crippen molar-refractivity contribution in [2.75, 3.05) is 19.7 Å². The summed E-state index contributed by atoms with van der Waals surface area (Å²) >= 11 is 0. The third kappa shape index (κ3) is 4.97. The Hall–Kier alpha value is -1.55. The van der Waals surface area contributed by atoms with Crippen molar-refractivity contribution in [3.05, 3.63) is 35.9 Å². The molecular formula is C20H32N2O2. The van der Waals surface area contributed by atoms with Gasteiger partial charge in [0.25, 0.3) is 0 Å². The highest BCUT2D eigenvalue weighted by atomic mass is 16.3. The topological polar surface area (TPSA) is 52.6 Å². The maximum absolute atomic E-state index is 12.6. The highest BCUT2D eigenvalue weighted by Crippen LogP contribution is 2.34. The quantitative estimate of drug-likeness (QED) is 0.802. The van der Waals surface area contributed by atoms with Crippen LogP contribution in [0.4, 0.5) is 4.79 Å². The average molecular weight is 332 g/mol. The van der Waals surface area contributed by atoms with Crippen LogP contribution in [0.5, 0.6) is 0 Å². The molecule has 2 N–H and O–H groups in total. The van der Waals surface area contributed by atoms with Gasteiger partial charge in [-0.1, -0.05) is 50.6 Å². The molecule has 1 saturated heterocycles. The van der Waals surface area contributed by atoms with Crippen LogP contribution < -0.4 is 5.32 Å². The average Bonchev–Trinajstić information content (AvgIpc) is 2.63. The number of aliphatic hydroxyl groups excluding tert-OH is 1. The van der Waals surface area contributed by atoms with Crippen molar-refractivity contribution in [1.82, 2.24) is 10.2 Å². The molecule has 0 aliphatic carbocycles. The number of piperidine rings is 1. The number of nitrogens with zero attached hydrogens (tertiary/aromatic N) is 1. The third-order valence-corrected chi connectivity index (χ3v) is 5.49. The molecule has 0 bridgehead atoms. The number of rotatable bonds is 7. The maximum Gasteiger partial charge on any atom is 0.317 e. The number of nitrogens with one attached hydrogen (secondary N) is 1. The van der Waals surface area contributed by atoms with Crippen LogP contribution in [0.25, 0.3) is 0 Å². The van der Waals surface area contributed by atoms with Crippen molar-refractivity contribution < 1.29 is 9.90 Å². The van der Waals surface area contributed by atoms with E-state index in [4.69, 9.17) is 0 Å². The fourth-order valence-corrected chi connectivity index (χ4v) is 3.55. The molecule has 0 saturated carbocycles. The second kappa shape index (κ2) is 9.07. The number of carbonyl (C=O) groups excluding carboxylic acids is 1. The number of hydrogen-bond donors (Lipinski definition) is 2. The van der Waals surface area contributed by atoms with Gasteiger partial charge in [0, 0.05) is 25.7 Å². The summed E-state index contributed by atoms with van der Waals surface area (Å²) in [6.45, 7) is 5.99. The van der Waals surface area contributed by atoms with Crippen LogP contribution in [-0.4, -0.2) is 41.8 Å². The summed E-state index contributed by atoms with van der Waals surface area (Å²) in [5.41, 5.74) is 1.28. The molecule has 0 radical (unpaired) electrons. The maximum atomic E-state index is 12.6. The summed E-state index contributed by atoms with van der Waals surface area (Å²) in [7, 11) is 0. The summed E-state index contributed by atoms with van der Waals surface area (Å²) in [5.74, 6) is 0. The number of hydrogen-bond acceptors (Lipinski definition) is 2. The molecule has 4 nitrogen and oxygen atoms in total. The molecule has 4 heteroatoms. The number of likely N-dealkylation sites (tertiary alicyclic amines) is 1. The molecule has 1 atom stereocenters. The molecule has 1 aliphatic heterocycles. The van der Waals surface area contributed by atoms with Crippen LogP contribution in [0.3, 0.4) is 0 Å². The highest BCUT2D eigenvalue weighted by molar-refractivity contribution is 5.74. The van der Waals surface area contributed by atoms with Crippen molar-refractivity contribution in [3.63, 3.8) is 0 Å². The van der Waals surface area contributed by atoms with Crippen LogP contribution in [0.1, 0.15) is 51.5 Å². The minimum atomic E-state index is 0.0175. The molecule has 0 spiro atoms. The normalized spacial score (nSPS) is 18.2. The molecule has 0 aromatic heterocycles. The molecule has 1 fully saturated rings. The lowest BCUT2D eigenvalue weighted by Gasteiger charge is -2.40. The summed E-state index contributed by atoms with van der Waals surface area (Å²) in [6.07, 6.45) is 5.69. The molecule has 1 aliphatic rings. The zero-order valence-corrected chi connectivity index (χ0v) is 15.1. The van der Waals surface area contributed by atoms with E-state index in [0.29, 0.717) is 0 Å². The second-order valence-electron chi connectivity index (χ2n) is 7.12. The molecule has 24 heavy (non-hydrogen) atoms. The van der Waals surface area contributed by atoms with Crippen LogP contribution in [0, 0.1) is 5.41 Å². The van der Waals surface area contributed by atoms with Crippen LogP contribution in [-0.2, 0) is 6.42 Å². The first-order chi connectivity index (χ1) is 11.6. The lowest BCUT2D eigenvalue weighted by Crippen LogP contribution is -2.50. The fraction of sp³-hybridized carbons (Fsp3) is 0.650. The van der Waals surface area contributed by atoms with Gasteiger partial charge in [0.15, 0.2) is 0 Å². The first-order valence-corrected chi connectivity index (χ1v) is 9.32. The van der Waals surface area contributed by atoms with Crippen molar-refractivity contribution >= 4 is 6.03 Å². The molecule has 2 rings (SSSR count). The molecule has 1 aromatic carbocycles. The van der Waals surface area contributed by atoms with Gasteiger partial charge in [-0.25, -0.2) is 4.79 Å². The van der Waals surface area contributed by atoms with Gasteiger partial charge in [0.2, 0.25) is 0 Å². The Labute approximate surface area is 146 Å². The highest BCUT2D eigenvalue weighted by Gasteiger charge is 2.34. The summed E-state index contributed by atoms with van der Waals surface area (Å²) in [6, 6.07) is 10.6. The molecule has 1 unspecified atom stereocenters. The van der Waals surface area contributed by atoms with E-state index in [1.807, 2.05) is 23.1 Å². The molecule has 1 heterocycles. The van der Waals surface area contributed by atoms with E-state index in [9.17, 15) is 9.90 Å². The lowest BCUT2D eigenvalue weighted by molar-refractivity contribution is 0.0514. The van der Waals surface area contributed by atoms with Gasteiger partial charge in [-0.15, -0.1) is 0 Å². The van der Waals surface area contributed by atoms with E-state index in [1.165, 1.54) is 5.56 Å². The van der Waals surface area contributed by atoms with Crippen molar-refractivity contribution in [1.29, 1.82) is 0 Å². The number of carbonyl (C=O) groups is 1. The first kappa shape index (κ1) is 18.8. The Kier molecular flexibility index (Phi) is 7.10. The SMILES string of the molecule is CCCC(Cc1ccccc1)NC(=O)N1CCC(CC)(CO)CC1. The second-order valence-corrected chi connectivity index (χ2v) is 7.12. The minimum absolute atomic E-state index is 0.0175. The molecule has 1 aromatic rings. The Morgan fingerprint density at radius 3 is 2.46 bits per heavy atom. The molecule has 2 amide bonds. The zero-order valence-electron chi connectivity index (χ0n) is 15.1. The van der Waals surface area contributed by atoms with E-state index in [2.05, 4.69) is 31.3 Å². The van der Waals surface area contributed by atoms with E-state index < -0.39 is 0 Å². The zero-order chi connectivity index (χ0) is 17.4. The Morgan fingerprint density at radius 1 is 1.25 bits per heavy atom. The molecular weight excluding hydrogens is 300 g/mol. The standard InChI is InChI=1S/C20H32N2O2/c1-3-8-18(15-17-9-6-5-7-10-17)21-19(24)22-13-11-20(4-2,16-23)12-14-22/h5-7,9-10,18,23H,3-4,8,11-16H2,1-2H3,(H,21,24). The van der Waals surface area contributed by atoms with Gasteiger partial charge in [-0.2, -0.15) is 0 Å². The smallest absolute Gasteiger partial charge is 0.317 e. The first-order valence-electron chi connectivity index (χ1n) is 9.32. The van der Waals surface area contributed by atoms with Crippen molar-refractivity contribution in [2.45, 2.75) is 58.4 Å². The fourth-order valence-electron chi connectivity index (χ4n) is 3.55.